The summed E-state index contributed by atoms with van der Waals surface area (Å²) in [6, 6.07) is 10.6. The lowest BCUT2D eigenvalue weighted by Gasteiger charge is -2.12. The zero-order valence-electron chi connectivity index (χ0n) is 12.1. The van der Waals surface area contributed by atoms with E-state index in [0.29, 0.717) is 24.0 Å². The van der Waals surface area contributed by atoms with Crippen LogP contribution in [0.15, 0.2) is 60.7 Å². The lowest BCUT2D eigenvalue weighted by atomic mass is 9.96. The monoisotopic (exact) mass is 294 g/mol. The predicted molar refractivity (Wildman–Crippen MR) is 86.9 cm³/mol. The predicted octanol–water partition coefficient (Wildman–Crippen LogP) is 3.34. The van der Waals surface area contributed by atoms with Crippen LogP contribution in [0, 0.1) is 0 Å². The van der Waals surface area contributed by atoms with Gasteiger partial charge in [-0.15, -0.1) is 0 Å². The number of benzene rings is 2. The van der Waals surface area contributed by atoms with Crippen LogP contribution < -0.4 is 0 Å². The quantitative estimate of drug-likeness (QED) is 0.698. The summed E-state index contributed by atoms with van der Waals surface area (Å²) in [5.41, 5.74) is 3.13. The maximum Gasteiger partial charge on any atom is 0.123 e. The molecular weight excluding hydrogens is 276 g/mol. The molecule has 3 nitrogen and oxygen atoms in total. The van der Waals surface area contributed by atoms with E-state index in [2.05, 4.69) is 0 Å². The molecule has 1 aliphatic carbocycles. The molecule has 0 aliphatic heterocycles. The summed E-state index contributed by atoms with van der Waals surface area (Å²) in [6.45, 7) is 0. The molecule has 0 spiro atoms. The van der Waals surface area contributed by atoms with Crippen LogP contribution in [0.5, 0.6) is 11.5 Å². The van der Waals surface area contributed by atoms with Gasteiger partial charge in [-0.25, -0.2) is 0 Å². The van der Waals surface area contributed by atoms with E-state index in [1.165, 1.54) is 0 Å². The Morgan fingerprint density at radius 1 is 0.818 bits per heavy atom. The van der Waals surface area contributed by atoms with Crippen molar-refractivity contribution in [2.24, 2.45) is 0 Å². The van der Waals surface area contributed by atoms with Crippen molar-refractivity contribution < 1.29 is 15.3 Å². The van der Waals surface area contributed by atoms with Gasteiger partial charge >= 0.3 is 0 Å². The zero-order valence-corrected chi connectivity index (χ0v) is 12.1. The fraction of sp³-hybridized carbons (Fsp3) is 0.158. The summed E-state index contributed by atoms with van der Waals surface area (Å²) >= 11 is 0. The number of aliphatic hydroxyl groups is 1. The Bertz CT molecular complexity index is 744. The van der Waals surface area contributed by atoms with Gasteiger partial charge in [0.1, 0.15) is 11.5 Å². The Kier molecular flexibility index (Phi) is 3.98. The van der Waals surface area contributed by atoms with Crippen molar-refractivity contribution >= 4 is 0 Å². The Morgan fingerprint density at radius 3 is 2.18 bits per heavy atom. The summed E-state index contributed by atoms with van der Waals surface area (Å²) < 4.78 is 0. The molecule has 22 heavy (non-hydrogen) atoms. The molecule has 112 valence electrons. The van der Waals surface area contributed by atoms with Crippen molar-refractivity contribution in [2.75, 3.05) is 0 Å². The van der Waals surface area contributed by atoms with Gasteiger partial charge in [0.2, 0.25) is 0 Å². The first-order valence-electron chi connectivity index (χ1n) is 7.29. The molecular formula is C19H18O3. The number of hydrogen-bond acceptors (Lipinski definition) is 3. The first kappa shape index (κ1) is 14.4. The lowest BCUT2D eigenvalue weighted by Crippen LogP contribution is -2.06. The summed E-state index contributed by atoms with van der Waals surface area (Å²) in [7, 11) is 0. The highest BCUT2D eigenvalue weighted by atomic mass is 16.3. The molecule has 0 unspecified atom stereocenters. The Balaban J connectivity index is 2.17. The molecule has 0 saturated heterocycles. The summed E-state index contributed by atoms with van der Waals surface area (Å²) in [4.78, 5) is 0. The number of hydrogen-bond donors (Lipinski definition) is 3. The molecule has 3 N–H and O–H groups in total. The largest absolute Gasteiger partial charge is 0.507 e. The van der Waals surface area contributed by atoms with Crippen molar-refractivity contribution in [3.05, 3.63) is 71.8 Å². The smallest absolute Gasteiger partial charge is 0.123 e. The Labute approximate surface area is 129 Å². The molecule has 0 aromatic heterocycles. The number of aromatic hydroxyl groups is 2. The van der Waals surface area contributed by atoms with E-state index in [1.54, 1.807) is 24.3 Å². The fourth-order valence-corrected chi connectivity index (χ4v) is 2.64. The van der Waals surface area contributed by atoms with E-state index < -0.39 is 6.10 Å². The van der Waals surface area contributed by atoms with E-state index in [4.69, 9.17) is 0 Å². The normalized spacial score (nSPS) is 17.4. The van der Waals surface area contributed by atoms with E-state index in [9.17, 15) is 15.3 Å². The van der Waals surface area contributed by atoms with Crippen LogP contribution in [0.2, 0.25) is 0 Å². The minimum atomic E-state index is -0.584. The fourth-order valence-electron chi connectivity index (χ4n) is 2.64. The van der Waals surface area contributed by atoms with Crippen molar-refractivity contribution in [2.45, 2.75) is 18.9 Å². The number of allylic oxidation sites excluding steroid dienone is 3. The third-order valence-electron chi connectivity index (χ3n) is 3.79. The minimum Gasteiger partial charge on any atom is -0.507 e. The summed E-state index contributed by atoms with van der Waals surface area (Å²) in [5, 5.41) is 30.3. The highest BCUT2D eigenvalue weighted by molar-refractivity contribution is 5.76. The van der Waals surface area contributed by atoms with Gasteiger partial charge in [0.15, 0.2) is 0 Å². The average Bonchev–Trinajstić information content (AvgIpc) is 2.50. The number of phenols is 2. The number of rotatable bonds is 0. The highest BCUT2D eigenvalue weighted by Crippen LogP contribution is 2.37. The highest BCUT2D eigenvalue weighted by Gasteiger charge is 2.12. The van der Waals surface area contributed by atoms with Gasteiger partial charge in [-0.1, -0.05) is 36.4 Å². The van der Waals surface area contributed by atoms with Gasteiger partial charge in [-0.3, -0.25) is 0 Å². The van der Waals surface area contributed by atoms with Crippen molar-refractivity contribution in [1.82, 2.24) is 0 Å². The van der Waals surface area contributed by atoms with Gasteiger partial charge in [0, 0.05) is 17.5 Å². The molecule has 0 amide bonds. The second kappa shape index (κ2) is 6.08. The van der Waals surface area contributed by atoms with Crippen LogP contribution in [0.4, 0.5) is 0 Å². The number of aliphatic hydroxyl groups excluding tert-OH is 1. The topological polar surface area (TPSA) is 60.7 Å². The molecule has 0 radical (unpaired) electrons. The molecule has 1 aliphatic rings. The van der Waals surface area contributed by atoms with Gasteiger partial charge < -0.3 is 15.3 Å². The van der Waals surface area contributed by atoms with Gasteiger partial charge in [0.05, 0.1) is 6.10 Å². The van der Waals surface area contributed by atoms with Crippen molar-refractivity contribution in [1.29, 1.82) is 0 Å². The molecule has 2 aromatic rings. The maximum atomic E-state index is 10.1. The SMILES string of the molecule is Oc1ccc2cc1-c1cc(ccc1O)C[C@H](O)C=CC=CC2. The summed E-state index contributed by atoms with van der Waals surface area (Å²) in [6.07, 6.45) is 8.07. The van der Waals surface area contributed by atoms with E-state index in [1.807, 2.05) is 36.4 Å². The van der Waals surface area contributed by atoms with Crippen LogP contribution in [0.25, 0.3) is 11.1 Å². The second-order valence-corrected chi connectivity index (χ2v) is 5.49. The molecule has 3 rings (SSSR count). The van der Waals surface area contributed by atoms with Crippen LogP contribution in [-0.2, 0) is 12.8 Å². The van der Waals surface area contributed by atoms with Crippen LogP contribution in [0.1, 0.15) is 11.1 Å². The lowest BCUT2D eigenvalue weighted by molar-refractivity contribution is 0.224. The minimum absolute atomic E-state index is 0.117. The number of fused-ring (bicyclic) bond motifs is 5. The molecule has 0 fully saturated rings. The van der Waals surface area contributed by atoms with E-state index in [-0.39, 0.29) is 11.5 Å². The second-order valence-electron chi connectivity index (χ2n) is 5.49. The van der Waals surface area contributed by atoms with Crippen molar-refractivity contribution in [3.8, 4) is 22.6 Å². The zero-order chi connectivity index (χ0) is 15.5. The molecule has 2 aromatic carbocycles. The van der Waals surface area contributed by atoms with E-state index in [0.717, 1.165) is 11.1 Å². The molecule has 0 saturated carbocycles. The van der Waals surface area contributed by atoms with E-state index >= 15 is 0 Å². The Morgan fingerprint density at radius 2 is 1.45 bits per heavy atom. The third kappa shape index (κ3) is 3.05. The molecule has 3 heteroatoms. The Hall–Kier alpha value is -2.52. The summed E-state index contributed by atoms with van der Waals surface area (Å²) in [5.74, 6) is 0.250. The van der Waals surface area contributed by atoms with Gasteiger partial charge in [-0.2, -0.15) is 0 Å². The average molecular weight is 294 g/mol. The standard InChI is InChI=1S/C19H18O3/c20-15-5-3-1-2-4-13-6-8-18(21)16(11-13)17-12-14(10-15)7-9-19(17)22/h1-3,5-9,11-12,15,20-22H,4,10H2/t15-/m1/s1. The maximum absolute atomic E-state index is 10.1. The van der Waals surface area contributed by atoms with Gasteiger partial charge in [-0.05, 0) is 41.8 Å². The van der Waals surface area contributed by atoms with Crippen LogP contribution in [0.3, 0.4) is 0 Å². The first-order valence-corrected chi connectivity index (χ1v) is 7.29. The molecule has 1 atom stereocenters. The van der Waals surface area contributed by atoms with Gasteiger partial charge in [0.25, 0.3) is 0 Å². The molecule has 4 bridgehead atoms. The van der Waals surface area contributed by atoms with Crippen molar-refractivity contribution in [3.63, 3.8) is 0 Å². The molecule has 0 heterocycles. The third-order valence-corrected chi connectivity index (χ3v) is 3.79. The van der Waals surface area contributed by atoms with Crippen LogP contribution >= 0.6 is 0 Å². The number of phenolic OH excluding ortho intramolecular Hbond substituents is 2. The van der Waals surface area contributed by atoms with Crippen LogP contribution in [-0.4, -0.2) is 21.4 Å². The first-order chi connectivity index (χ1) is 10.6.